The van der Waals surface area contributed by atoms with Crippen molar-refractivity contribution in [2.24, 2.45) is 0 Å². The molecule has 0 saturated heterocycles. The van der Waals surface area contributed by atoms with Gasteiger partial charge in [-0.05, 0) is 39.3 Å². The molecule has 1 aromatic carbocycles. The van der Waals surface area contributed by atoms with Crippen LogP contribution in [0.2, 0.25) is 0 Å². The van der Waals surface area contributed by atoms with Gasteiger partial charge in [0.25, 0.3) is 0 Å². The Hall–Kier alpha value is -1.62. The van der Waals surface area contributed by atoms with E-state index in [1.165, 1.54) is 8.52 Å². The van der Waals surface area contributed by atoms with Crippen LogP contribution >= 0.6 is 11.5 Å². The molecule has 0 atom stereocenters. The molecule has 18 heavy (non-hydrogen) atoms. The second-order valence-electron chi connectivity index (χ2n) is 5.23. The van der Waals surface area contributed by atoms with E-state index in [1.807, 2.05) is 45.9 Å². The zero-order chi connectivity index (χ0) is 13.5. The van der Waals surface area contributed by atoms with Crippen molar-refractivity contribution in [2.45, 2.75) is 33.2 Å². The highest BCUT2D eigenvalue weighted by Gasteiger charge is 2.21. The molecule has 0 fully saturated rings. The van der Waals surface area contributed by atoms with Gasteiger partial charge in [0.2, 0.25) is 0 Å². The van der Waals surface area contributed by atoms with E-state index in [4.69, 9.17) is 0 Å². The first-order valence-electron chi connectivity index (χ1n) is 5.74. The van der Waals surface area contributed by atoms with Gasteiger partial charge in [-0.3, -0.25) is 4.79 Å². The topological polar surface area (TPSA) is 44.0 Å². The predicted octanol–water partition coefficient (Wildman–Crippen LogP) is 2.12. The van der Waals surface area contributed by atoms with Crippen LogP contribution in [-0.2, 0) is 5.54 Å². The number of hydrogen-bond donors (Lipinski definition) is 0. The maximum absolute atomic E-state index is 12.3. The molecule has 0 aliphatic rings. The van der Waals surface area contributed by atoms with E-state index in [2.05, 4.69) is 0 Å². The molecule has 0 aliphatic heterocycles. The molecule has 0 radical (unpaired) electrons. The first-order valence-corrected chi connectivity index (χ1v) is 6.51. The van der Waals surface area contributed by atoms with E-state index in [1.54, 1.807) is 6.07 Å². The number of para-hydroxylation sites is 1. The van der Waals surface area contributed by atoms with Gasteiger partial charge < -0.3 is 0 Å². The highest BCUT2D eigenvalue weighted by Crippen LogP contribution is 2.14. The number of hydrogen-bond acceptors (Lipinski definition) is 3. The Balaban J connectivity index is 2.76. The average Bonchev–Trinajstić information content (AvgIpc) is 2.55. The lowest BCUT2D eigenvalue weighted by molar-refractivity contribution is 0.411. The summed E-state index contributed by atoms with van der Waals surface area (Å²) in [5, 5.41) is 0. The van der Waals surface area contributed by atoms with E-state index in [9.17, 15) is 9.59 Å². The van der Waals surface area contributed by atoms with Gasteiger partial charge in [0.15, 0.2) is 0 Å². The molecule has 0 amide bonds. The van der Waals surface area contributed by atoms with Gasteiger partial charge in [-0.15, -0.1) is 0 Å². The summed E-state index contributed by atoms with van der Waals surface area (Å²) in [6.45, 7) is 7.62. The van der Waals surface area contributed by atoms with E-state index < -0.39 is 0 Å². The third kappa shape index (κ3) is 2.06. The Bertz CT molecular complexity index is 686. The molecule has 1 heterocycles. The van der Waals surface area contributed by atoms with Crippen molar-refractivity contribution in [1.82, 2.24) is 8.52 Å². The fourth-order valence-corrected chi connectivity index (χ4v) is 2.61. The van der Waals surface area contributed by atoms with Crippen molar-refractivity contribution in [3.63, 3.8) is 0 Å². The summed E-state index contributed by atoms with van der Waals surface area (Å²) in [4.78, 5) is 24.1. The number of nitrogens with zero attached hydrogens (tertiary/aromatic N) is 2. The minimum atomic E-state index is -0.380. The summed E-state index contributed by atoms with van der Waals surface area (Å²) >= 11 is 0.963. The molecule has 96 valence electrons. The summed E-state index contributed by atoms with van der Waals surface area (Å²) in [6, 6.07) is 7.39. The molecular weight excluding hydrogens is 248 g/mol. The van der Waals surface area contributed by atoms with Crippen molar-refractivity contribution < 1.29 is 0 Å². The normalized spacial score (nSPS) is 11.8. The Kier molecular flexibility index (Phi) is 3.02. The average molecular weight is 264 g/mol. The van der Waals surface area contributed by atoms with Crippen LogP contribution in [0.3, 0.4) is 0 Å². The molecule has 0 bridgehead atoms. The summed E-state index contributed by atoms with van der Waals surface area (Å²) < 4.78 is 2.76. The molecule has 4 nitrogen and oxygen atoms in total. The molecular formula is C13H16N2O2S. The fraction of sp³-hybridized carbons (Fsp3) is 0.385. The molecule has 0 aliphatic carbocycles. The molecule has 0 saturated carbocycles. The number of rotatable bonds is 1. The molecule has 1 aromatic heterocycles. The van der Waals surface area contributed by atoms with Crippen LogP contribution in [0.5, 0.6) is 0 Å². The second kappa shape index (κ2) is 4.24. The first kappa shape index (κ1) is 12.8. The van der Waals surface area contributed by atoms with Gasteiger partial charge in [-0.25, -0.2) is 13.3 Å². The SMILES string of the molecule is Cc1ccccc1-n1c(=O)sn(C(C)(C)C)c1=O. The van der Waals surface area contributed by atoms with Crippen LogP contribution in [0.4, 0.5) is 0 Å². The molecule has 0 spiro atoms. The number of aromatic nitrogens is 2. The predicted molar refractivity (Wildman–Crippen MR) is 73.9 cm³/mol. The molecule has 5 heteroatoms. The maximum Gasteiger partial charge on any atom is 0.346 e. The van der Waals surface area contributed by atoms with Crippen molar-refractivity contribution in [1.29, 1.82) is 0 Å². The van der Waals surface area contributed by atoms with Crippen LogP contribution in [0.25, 0.3) is 5.69 Å². The summed E-state index contributed by atoms with van der Waals surface area (Å²) in [6.07, 6.45) is 0. The van der Waals surface area contributed by atoms with E-state index in [0.29, 0.717) is 5.69 Å². The van der Waals surface area contributed by atoms with E-state index >= 15 is 0 Å². The summed E-state index contributed by atoms with van der Waals surface area (Å²) in [7, 11) is 0. The van der Waals surface area contributed by atoms with E-state index in [-0.39, 0.29) is 16.1 Å². The van der Waals surface area contributed by atoms with Gasteiger partial charge in [-0.2, -0.15) is 0 Å². The maximum atomic E-state index is 12.3. The van der Waals surface area contributed by atoms with Crippen molar-refractivity contribution in [3.8, 4) is 5.69 Å². The van der Waals surface area contributed by atoms with Gasteiger partial charge in [-0.1, -0.05) is 18.2 Å². The second-order valence-corrected chi connectivity index (χ2v) is 6.12. The van der Waals surface area contributed by atoms with Crippen molar-refractivity contribution >= 4 is 11.5 Å². The third-order valence-electron chi connectivity index (χ3n) is 2.68. The standard InChI is InChI=1S/C13H16N2O2S/c1-9-7-5-6-8-10(9)14-11(16)15(13(2,3)4)18-12(14)17/h5-8H,1-4H3. The quantitative estimate of drug-likeness (QED) is 0.792. The monoisotopic (exact) mass is 264 g/mol. The highest BCUT2D eigenvalue weighted by molar-refractivity contribution is 7.03. The van der Waals surface area contributed by atoms with Crippen molar-refractivity contribution in [2.75, 3.05) is 0 Å². The van der Waals surface area contributed by atoms with Crippen LogP contribution in [0.1, 0.15) is 26.3 Å². The first-order chi connectivity index (χ1) is 8.32. The molecule has 2 aromatic rings. The fourth-order valence-electron chi connectivity index (χ4n) is 1.77. The van der Waals surface area contributed by atoms with Crippen molar-refractivity contribution in [3.05, 3.63) is 50.0 Å². The molecule has 0 unspecified atom stereocenters. The highest BCUT2D eigenvalue weighted by atomic mass is 32.1. The Labute approximate surface area is 109 Å². The zero-order valence-electron chi connectivity index (χ0n) is 10.9. The zero-order valence-corrected chi connectivity index (χ0v) is 11.7. The Morgan fingerprint density at radius 2 is 1.72 bits per heavy atom. The van der Waals surface area contributed by atoms with Crippen LogP contribution < -0.4 is 10.6 Å². The van der Waals surface area contributed by atoms with Gasteiger partial charge in [0.1, 0.15) is 0 Å². The summed E-state index contributed by atoms with van der Waals surface area (Å²) in [5.41, 5.74) is 0.920. The lowest BCUT2D eigenvalue weighted by Gasteiger charge is -2.17. The molecule has 0 N–H and O–H groups in total. The lowest BCUT2D eigenvalue weighted by Crippen LogP contribution is -2.34. The minimum absolute atomic E-state index is 0.246. The minimum Gasteiger partial charge on any atom is -0.255 e. The number of aryl methyl sites for hydroxylation is 1. The van der Waals surface area contributed by atoms with Crippen LogP contribution in [0, 0.1) is 6.92 Å². The third-order valence-corrected chi connectivity index (χ3v) is 3.91. The Morgan fingerprint density at radius 1 is 1.11 bits per heavy atom. The van der Waals surface area contributed by atoms with Gasteiger partial charge >= 0.3 is 10.6 Å². The number of benzene rings is 1. The van der Waals surface area contributed by atoms with Crippen LogP contribution in [0.15, 0.2) is 33.9 Å². The van der Waals surface area contributed by atoms with Crippen LogP contribution in [-0.4, -0.2) is 8.52 Å². The van der Waals surface area contributed by atoms with E-state index in [0.717, 1.165) is 17.1 Å². The largest absolute Gasteiger partial charge is 0.346 e. The smallest absolute Gasteiger partial charge is 0.255 e. The van der Waals surface area contributed by atoms with Gasteiger partial charge in [0, 0.05) is 11.5 Å². The van der Waals surface area contributed by atoms with Gasteiger partial charge in [0.05, 0.1) is 11.2 Å². The summed E-state index contributed by atoms with van der Waals surface area (Å²) in [5.74, 6) is 0. The molecule has 2 rings (SSSR count). The lowest BCUT2D eigenvalue weighted by atomic mass is 10.1. The Morgan fingerprint density at radius 3 is 2.22 bits per heavy atom.